The topological polar surface area (TPSA) is 29.4 Å². The van der Waals surface area contributed by atoms with Gasteiger partial charge in [-0.2, -0.15) is 4.99 Å². The summed E-state index contributed by atoms with van der Waals surface area (Å²) in [5.74, 6) is -0.400. The summed E-state index contributed by atoms with van der Waals surface area (Å²) in [6.07, 6.45) is 0. The molecule has 2 aromatic carbocycles. The van der Waals surface area contributed by atoms with Crippen LogP contribution in [0.3, 0.4) is 0 Å². The third-order valence-electron chi connectivity index (χ3n) is 2.25. The van der Waals surface area contributed by atoms with Crippen LogP contribution in [-0.4, -0.2) is 11.1 Å². The number of thiocarbonyl (C=S) groups is 1. The quantitative estimate of drug-likeness (QED) is 0.568. The van der Waals surface area contributed by atoms with Crippen LogP contribution in [0, 0.1) is 0 Å². The number of carbonyl (C=O) groups is 1. The third-order valence-corrected chi connectivity index (χ3v) is 2.67. The Morgan fingerprint density at radius 2 is 1.88 bits per heavy atom. The fraction of sp³-hybridized carbons (Fsp3) is 0. The molecule has 0 unspecified atom stereocenters. The van der Waals surface area contributed by atoms with Crippen molar-refractivity contribution in [3.63, 3.8) is 0 Å². The molecule has 2 rings (SSSR count). The standard InChI is InChI=1S/C12H6ClNOS/c13-11-6-2-3-8-9(11)4-1-5-10(8)12(15)14-7-16/h1-6H. The maximum Gasteiger partial charge on any atom is 0.286 e. The molecular weight excluding hydrogens is 242 g/mol. The molecule has 0 aliphatic carbocycles. The van der Waals surface area contributed by atoms with E-state index in [0.717, 1.165) is 10.8 Å². The molecule has 0 aromatic heterocycles. The average Bonchev–Trinajstić information content (AvgIpc) is 2.29. The number of nitrogens with zero attached hydrogens (tertiary/aromatic N) is 1. The maximum atomic E-state index is 11.6. The fourth-order valence-electron chi connectivity index (χ4n) is 1.56. The number of halogens is 1. The van der Waals surface area contributed by atoms with Crippen LogP contribution in [0.4, 0.5) is 0 Å². The molecule has 0 bridgehead atoms. The van der Waals surface area contributed by atoms with Crippen LogP contribution in [0.5, 0.6) is 0 Å². The van der Waals surface area contributed by atoms with E-state index in [2.05, 4.69) is 22.4 Å². The Balaban J connectivity index is 2.76. The van der Waals surface area contributed by atoms with Crippen LogP contribution in [0.1, 0.15) is 10.4 Å². The minimum Gasteiger partial charge on any atom is -0.266 e. The molecule has 0 radical (unpaired) electrons. The summed E-state index contributed by atoms with van der Waals surface area (Å²) < 4.78 is 0. The van der Waals surface area contributed by atoms with Crippen molar-refractivity contribution in [2.75, 3.05) is 0 Å². The SMILES string of the molecule is O=C(N=C=S)c1cccc2c(Cl)cccc12. The zero-order chi connectivity index (χ0) is 11.5. The molecule has 2 aromatic rings. The number of hydrogen-bond donors (Lipinski definition) is 0. The second kappa shape index (κ2) is 4.54. The lowest BCUT2D eigenvalue weighted by atomic mass is 10.0. The predicted molar refractivity (Wildman–Crippen MR) is 68.3 cm³/mol. The summed E-state index contributed by atoms with van der Waals surface area (Å²) in [4.78, 5) is 15.1. The first kappa shape index (κ1) is 11.0. The molecule has 0 fully saturated rings. The molecule has 0 spiro atoms. The first-order valence-electron chi connectivity index (χ1n) is 4.53. The van der Waals surface area contributed by atoms with E-state index in [1.165, 1.54) is 0 Å². The summed E-state index contributed by atoms with van der Waals surface area (Å²) in [5, 5.41) is 4.28. The Bertz CT molecular complexity index is 617. The molecular formula is C12H6ClNOS. The Morgan fingerprint density at radius 1 is 1.19 bits per heavy atom. The van der Waals surface area contributed by atoms with Crippen molar-refractivity contribution in [1.29, 1.82) is 0 Å². The summed E-state index contributed by atoms with van der Waals surface area (Å²) in [7, 11) is 0. The monoisotopic (exact) mass is 247 g/mol. The van der Waals surface area contributed by atoms with Gasteiger partial charge in [0, 0.05) is 10.4 Å². The first-order chi connectivity index (χ1) is 7.74. The van der Waals surface area contributed by atoms with Gasteiger partial charge in [0.1, 0.15) is 0 Å². The van der Waals surface area contributed by atoms with Crippen molar-refractivity contribution in [3.05, 3.63) is 47.0 Å². The fourth-order valence-corrected chi connectivity index (χ4v) is 1.88. The van der Waals surface area contributed by atoms with Crippen molar-refractivity contribution >= 4 is 45.7 Å². The molecule has 78 valence electrons. The number of isothiocyanates is 1. The van der Waals surface area contributed by atoms with E-state index in [0.29, 0.717) is 10.6 Å². The minimum absolute atomic E-state index is 0.400. The number of aliphatic imine (C=N–C) groups is 1. The first-order valence-corrected chi connectivity index (χ1v) is 5.32. The highest BCUT2D eigenvalue weighted by atomic mass is 35.5. The largest absolute Gasteiger partial charge is 0.286 e. The van der Waals surface area contributed by atoms with E-state index < -0.39 is 5.91 Å². The molecule has 0 saturated carbocycles. The lowest BCUT2D eigenvalue weighted by Gasteiger charge is -2.03. The Kier molecular flexibility index (Phi) is 3.11. The number of amides is 1. The molecule has 0 atom stereocenters. The van der Waals surface area contributed by atoms with E-state index in [1.54, 1.807) is 24.3 Å². The van der Waals surface area contributed by atoms with Gasteiger partial charge in [0.25, 0.3) is 5.91 Å². The summed E-state index contributed by atoms with van der Waals surface area (Å²) >= 11 is 10.4. The highest BCUT2D eigenvalue weighted by molar-refractivity contribution is 7.78. The maximum absolute atomic E-state index is 11.6. The molecule has 0 aliphatic heterocycles. The highest BCUT2D eigenvalue weighted by Gasteiger charge is 2.09. The van der Waals surface area contributed by atoms with Gasteiger partial charge in [-0.1, -0.05) is 35.9 Å². The number of fused-ring (bicyclic) bond motifs is 1. The smallest absolute Gasteiger partial charge is 0.266 e. The van der Waals surface area contributed by atoms with Crippen LogP contribution < -0.4 is 0 Å². The van der Waals surface area contributed by atoms with Gasteiger partial charge in [-0.3, -0.25) is 4.79 Å². The van der Waals surface area contributed by atoms with Crippen molar-refractivity contribution in [1.82, 2.24) is 0 Å². The van der Waals surface area contributed by atoms with Gasteiger partial charge >= 0.3 is 0 Å². The number of carbonyl (C=O) groups excluding carboxylic acids is 1. The Labute approximate surface area is 103 Å². The van der Waals surface area contributed by atoms with Crippen LogP contribution in [0.2, 0.25) is 5.02 Å². The van der Waals surface area contributed by atoms with E-state index in [9.17, 15) is 4.79 Å². The van der Waals surface area contributed by atoms with Crippen LogP contribution in [0.25, 0.3) is 10.8 Å². The predicted octanol–water partition coefficient (Wildman–Crippen LogP) is 3.74. The van der Waals surface area contributed by atoms with Gasteiger partial charge in [0.15, 0.2) is 0 Å². The zero-order valence-electron chi connectivity index (χ0n) is 8.11. The van der Waals surface area contributed by atoms with Crippen LogP contribution in [-0.2, 0) is 0 Å². The molecule has 4 heteroatoms. The van der Waals surface area contributed by atoms with Crippen LogP contribution in [0.15, 0.2) is 41.4 Å². The molecule has 0 saturated heterocycles. The van der Waals surface area contributed by atoms with Gasteiger partial charge in [-0.25, -0.2) is 0 Å². The number of rotatable bonds is 1. The minimum atomic E-state index is -0.400. The molecule has 0 N–H and O–H groups in total. The second-order valence-electron chi connectivity index (χ2n) is 3.15. The highest BCUT2D eigenvalue weighted by Crippen LogP contribution is 2.26. The molecule has 0 heterocycles. The van der Waals surface area contributed by atoms with E-state index >= 15 is 0 Å². The normalized spacial score (nSPS) is 9.81. The average molecular weight is 248 g/mol. The number of hydrogen-bond acceptors (Lipinski definition) is 2. The third kappa shape index (κ3) is 1.89. The summed E-state index contributed by atoms with van der Waals surface area (Å²) in [6, 6.07) is 10.7. The lowest BCUT2D eigenvalue weighted by molar-refractivity contribution is 0.101. The van der Waals surface area contributed by atoms with Gasteiger partial charge < -0.3 is 0 Å². The van der Waals surface area contributed by atoms with Crippen molar-refractivity contribution in [2.45, 2.75) is 0 Å². The molecule has 0 aliphatic rings. The van der Waals surface area contributed by atoms with E-state index in [-0.39, 0.29) is 0 Å². The van der Waals surface area contributed by atoms with Crippen molar-refractivity contribution < 1.29 is 4.79 Å². The summed E-state index contributed by atoms with van der Waals surface area (Å²) in [6.45, 7) is 0. The summed E-state index contributed by atoms with van der Waals surface area (Å²) in [5.41, 5.74) is 0.484. The van der Waals surface area contributed by atoms with E-state index in [1.807, 2.05) is 12.1 Å². The van der Waals surface area contributed by atoms with Gasteiger partial charge in [0.05, 0.1) is 10.7 Å². The Morgan fingerprint density at radius 3 is 2.62 bits per heavy atom. The van der Waals surface area contributed by atoms with Gasteiger partial charge in [-0.05, 0) is 29.7 Å². The lowest BCUT2D eigenvalue weighted by Crippen LogP contribution is -1.95. The van der Waals surface area contributed by atoms with Crippen LogP contribution >= 0.6 is 23.8 Å². The zero-order valence-corrected chi connectivity index (χ0v) is 9.68. The number of benzene rings is 2. The van der Waals surface area contributed by atoms with Crippen molar-refractivity contribution in [2.24, 2.45) is 4.99 Å². The van der Waals surface area contributed by atoms with E-state index in [4.69, 9.17) is 11.6 Å². The molecule has 16 heavy (non-hydrogen) atoms. The van der Waals surface area contributed by atoms with Crippen molar-refractivity contribution in [3.8, 4) is 0 Å². The second-order valence-corrected chi connectivity index (χ2v) is 3.74. The Hall–Kier alpha value is -1.54. The van der Waals surface area contributed by atoms with Gasteiger partial charge in [-0.15, -0.1) is 0 Å². The molecule has 1 amide bonds. The van der Waals surface area contributed by atoms with Gasteiger partial charge in [0.2, 0.25) is 0 Å². The molecule has 2 nitrogen and oxygen atoms in total.